The van der Waals surface area contributed by atoms with Crippen LogP contribution in [0.2, 0.25) is 0 Å². The highest BCUT2D eigenvalue weighted by molar-refractivity contribution is 5.66. The normalized spacial score (nSPS) is 51.7. The Morgan fingerprint density at radius 1 is 0.964 bits per heavy atom. The summed E-state index contributed by atoms with van der Waals surface area (Å²) in [5, 5.41) is 30.4. The summed E-state index contributed by atoms with van der Waals surface area (Å²) < 4.78 is 0. The van der Waals surface area contributed by atoms with E-state index in [1.165, 1.54) is 25.7 Å². The van der Waals surface area contributed by atoms with Gasteiger partial charge in [0, 0.05) is 6.42 Å². The van der Waals surface area contributed by atoms with Gasteiger partial charge in [-0.05, 0) is 104 Å². The standard InChI is InChI=1S/C24H40O4/c1-14(4-7-22(27)28)17-5-6-18-16-13-21(26)20-12-15(25)8-10-24(20,3)19(16)9-11-23(17,18)2/h14-21,25-26H,4-13H2,1-3H3,(H,27,28)/t14?,15?,16?,17?,18?,19?,20?,21?,23?,24-/m1/s1. The number of aliphatic hydroxyl groups is 2. The maximum absolute atomic E-state index is 11.1. The highest BCUT2D eigenvalue weighted by Crippen LogP contribution is 2.68. The number of aliphatic hydroxyl groups excluding tert-OH is 2. The molecule has 28 heavy (non-hydrogen) atoms. The molecule has 4 saturated carbocycles. The first-order valence-corrected chi connectivity index (χ1v) is 11.7. The average molecular weight is 393 g/mol. The summed E-state index contributed by atoms with van der Waals surface area (Å²) in [4.78, 5) is 11.1. The molecule has 4 aliphatic carbocycles. The molecule has 0 aromatic rings. The van der Waals surface area contributed by atoms with Crippen LogP contribution in [0, 0.1) is 46.3 Å². The summed E-state index contributed by atoms with van der Waals surface area (Å²) in [5.41, 5.74) is 0.478. The Balaban J connectivity index is 1.55. The lowest BCUT2D eigenvalue weighted by Crippen LogP contribution is -2.58. The van der Waals surface area contributed by atoms with Crippen molar-refractivity contribution in [1.29, 1.82) is 0 Å². The van der Waals surface area contributed by atoms with Crippen LogP contribution in [0.25, 0.3) is 0 Å². The number of aliphatic carboxylic acids is 1. The van der Waals surface area contributed by atoms with E-state index < -0.39 is 5.97 Å². The van der Waals surface area contributed by atoms with Crippen molar-refractivity contribution in [2.75, 3.05) is 0 Å². The zero-order valence-corrected chi connectivity index (χ0v) is 17.9. The number of hydrogen-bond acceptors (Lipinski definition) is 3. The summed E-state index contributed by atoms with van der Waals surface area (Å²) in [7, 11) is 0. The third-order valence-electron chi connectivity index (χ3n) is 10.2. The third-order valence-corrected chi connectivity index (χ3v) is 10.2. The number of carboxylic acid groups (broad SMARTS) is 1. The van der Waals surface area contributed by atoms with Gasteiger partial charge in [0.2, 0.25) is 0 Å². The van der Waals surface area contributed by atoms with E-state index in [1.54, 1.807) is 0 Å². The second-order valence-corrected chi connectivity index (χ2v) is 11.4. The second-order valence-electron chi connectivity index (χ2n) is 11.4. The van der Waals surface area contributed by atoms with Gasteiger partial charge in [-0.2, -0.15) is 0 Å². The van der Waals surface area contributed by atoms with Crippen LogP contribution in [0.5, 0.6) is 0 Å². The van der Waals surface area contributed by atoms with Crippen LogP contribution in [0.15, 0.2) is 0 Å². The Morgan fingerprint density at radius 3 is 2.36 bits per heavy atom. The summed E-state index contributed by atoms with van der Waals surface area (Å²) in [6.07, 6.45) is 9.16. The molecule has 160 valence electrons. The van der Waals surface area contributed by atoms with Gasteiger partial charge in [-0.25, -0.2) is 0 Å². The van der Waals surface area contributed by atoms with Crippen molar-refractivity contribution >= 4 is 5.97 Å². The fourth-order valence-corrected chi connectivity index (χ4v) is 8.81. The lowest BCUT2D eigenvalue weighted by molar-refractivity contribution is -0.172. The first kappa shape index (κ1) is 20.7. The molecule has 9 unspecified atom stereocenters. The van der Waals surface area contributed by atoms with Gasteiger partial charge in [0.1, 0.15) is 0 Å². The molecule has 4 fully saturated rings. The molecule has 3 N–H and O–H groups in total. The molecule has 4 nitrogen and oxygen atoms in total. The van der Waals surface area contributed by atoms with Crippen molar-refractivity contribution in [2.24, 2.45) is 46.3 Å². The van der Waals surface area contributed by atoms with E-state index >= 15 is 0 Å². The molecular weight excluding hydrogens is 352 g/mol. The van der Waals surface area contributed by atoms with E-state index in [2.05, 4.69) is 20.8 Å². The lowest BCUT2D eigenvalue weighted by Gasteiger charge is -2.62. The zero-order chi connectivity index (χ0) is 20.3. The molecule has 0 bridgehead atoms. The van der Waals surface area contributed by atoms with Gasteiger partial charge in [-0.15, -0.1) is 0 Å². The van der Waals surface area contributed by atoms with Crippen LogP contribution in [0.4, 0.5) is 0 Å². The molecule has 4 aliphatic rings. The molecule has 0 radical (unpaired) electrons. The number of carbonyl (C=O) groups is 1. The minimum atomic E-state index is -0.677. The first-order valence-electron chi connectivity index (χ1n) is 11.7. The Bertz CT molecular complexity index is 605. The molecule has 0 aromatic heterocycles. The Hall–Kier alpha value is -0.610. The fraction of sp³-hybridized carbons (Fsp3) is 0.958. The summed E-state index contributed by atoms with van der Waals surface area (Å²) in [6, 6.07) is 0. The molecule has 0 aromatic carbocycles. The van der Waals surface area contributed by atoms with Gasteiger partial charge in [0.15, 0.2) is 0 Å². The second kappa shape index (κ2) is 7.27. The average Bonchev–Trinajstić information content (AvgIpc) is 2.99. The quantitative estimate of drug-likeness (QED) is 0.659. The minimum absolute atomic E-state index is 0.176. The predicted octanol–water partition coefficient (Wildman–Crippen LogP) is 4.48. The van der Waals surface area contributed by atoms with Crippen molar-refractivity contribution in [2.45, 2.75) is 97.2 Å². The molecule has 0 heterocycles. The molecule has 0 saturated heterocycles. The van der Waals surface area contributed by atoms with Crippen molar-refractivity contribution < 1.29 is 20.1 Å². The van der Waals surface area contributed by atoms with Crippen molar-refractivity contribution in [3.8, 4) is 0 Å². The first-order chi connectivity index (χ1) is 13.2. The number of fused-ring (bicyclic) bond motifs is 5. The maximum Gasteiger partial charge on any atom is 0.303 e. The molecule has 4 rings (SSSR count). The maximum atomic E-state index is 11.1. The van der Waals surface area contributed by atoms with E-state index in [4.69, 9.17) is 5.11 Å². The smallest absolute Gasteiger partial charge is 0.303 e. The number of rotatable bonds is 4. The van der Waals surface area contributed by atoms with Crippen LogP contribution >= 0.6 is 0 Å². The van der Waals surface area contributed by atoms with Crippen LogP contribution < -0.4 is 0 Å². The largest absolute Gasteiger partial charge is 0.481 e. The van der Waals surface area contributed by atoms with Crippen molar-refractivity contribution in [3.05, 3.63) is 0 Å². The molecular formula is C24H40O4. The van der Waals surface area contributed by atoms with Gasteiger partial charge in [0.25, 0.3) is 0 Å². The van der Waals surface area contributed by atoms with Crippen LogP contribution in [-0.4, -0.2) is 33.5 Å². The van der Waals surface area contributed by atoms with E-state index in [-0.39, 0.29) is 30.0 Å². The molecule has 0 amide bonds. The van der Waals surface area contributed by atoms with Gasteiger partial charge < -0.3 is 15.3 Å². The van der Waals surface area contributed by atoms with E-state index in [9.17, 15) is 15.0 Å². The third kappa shape index (κ3) is 3.14. The molecule has 10 atom stereocenters. The van der Waals surface area contributed by atoms with Gasteiger partial charge in [-0.1, -0.05) is 20.8 Å². The zero-order valence-electron chi connectivity index (χ0n) is 17.9. The minimum Gasteiger partial charge on any atom is -0.481 e. The number of hydrogen-bond donors (Lipinski definition) is 3. The van der Waals surface area contributed by atoms with Crippen LogP contribution in [-0.2, 0) is 4.79 Å². The van der Waals surface area contributed by atoms with E-state index in [0.717, 1.165) is 32.1 Å². The fourth-order valence-electron chi connectivity index (χ4n) is 8.81. The van der Waals surface area contributed by atoms with Crippen molar-refractivity contribution in [1.82, 2.24) is 0 Å². The van der Waals surface area contributed by atoms with Gasteiger partial charge in [0.05, 0.1) is 12.2 Å². The van der Waals surface area contributed by atoms with E-state index in [1.807, 2.05) is 0 Å². The highest BCUT2D eigenvalue weighted by atomic mass is 16.4. The van der Waals surface area contributed by atoms with Gasteiger partial charge >= 0.3 is 5.97 Å². The molecule has 0 spiro atoms. The van der Waals surface area contributed by atoms with E-state index in [0.29, 0.717) is 35.0 Å². The lowest BCUT2D eigenvalue weighted by atomic mass is 9.44. The summed E-state index contributed by atoms with van der Waals surface area (Å²) >= 11 is 0. The Morgan fingerprint density at radius 2 is 1.64 bits per heavy atom. The molecule has 4 heteroatoms. The molecule has 0 aliphatic heterocycles. The topological polar surface area (TPSA) is 77.8 Å². The van der Waals surface area contributed by atoms with Crippen molar-refractivity contribution in [3.63, 3.8) is 0 Å². The SMILES string of the molecule is CC(CCC(=O)O)C1CCC2C3CC(O)C4CC(O)CC[C@]4(C)C3CCC12C. The van der Waals surface area contributed by atoms with Gasteiger partial charge in [-0.3, -0.25) is 4.79 Å². The predicted molar refractivity (Wildman–Crippen MR) is 109 cm³/mol. The summed E-state index contributed by atoms with van der Waals surface area (Å²) in [6.45, 7) is 7.16. The Labute approximate surface area is 170 Å². The summed E-state index contributed by atoms with van der Waals surface area (Å²) in [5.74, 6) is 2.61. The van der Waals surface area contributed by atoms with Crippen LogP contribution in [0.1, 0.15) is 85.0 Å². The monoisotopic (exact) mass is 392 g/mol. The number of carboxylic acids is 1. The Kier molecular flexibility index (Phi) is 5.36. The van der Waals surface area contributed by atoms with Crippen LogP contribution in [0.3, 0.4) is 0 Å². The highest BCUT2D eigenvalue weighted by Gasteiger charge is 2.62.